The lowest BCUT2D eigenvalue weighted by Gasteiger charge is -2.36. The van der Waals surface area contributed by atoms with Crippen molar-refractivity contribution in [3.63, 3.8) is 0 Å². The lowest BCUT2D eigenvalue weighted by molar-refractivity contribution is -0.137. The van der Waals surface area contributed by atoms with Gasteiger partial charge in [0.25, 0.3) is 0 Å². The molecule has 6 heteroatoms. The highest BCUT2D eigenvalue weighted by Crippen LogP contribution is 2.26. The van der Waals surface area contributed by atoms with E-state index in [1.165, 1.54) is 0 Å². The second-order valence-electron chi connectivity index (χ2n) is 7.50. The smallest absolute Gasteiger partial charge is 0.228 e. The molecule has 0 aliphatic carbocycles. The molecule has 3 aliphatic heterocycles. The average molecular weight is 357 g/mol. The van der Waals surface area contributed by atoms with E-state index in [4.69, 9.17) is 4.74 Å². The predicted octanol–water partition coefficient (Wildman–Crippen LogP) is 1.36. The van der Waals surface area contributed by atoms with Gasteiger partial charge in [0.2, 0.25) is 11.8 Å². The van der Waals surface area contributed by atoms with E-state index in [0.717, 1.165) is 57.9 Å². The maximum Gasteiger partial charge on any atom is 0.228 e. The minimum atomic E-state index is -0.215. The largest absolute Gasteiger partial charge is 0.377 e. The second-order valence-corrected chi connectivity index (χ2v) is 7.50. The van der Waals surface area contributed by atoms with Crippen molar-refractivity contribution in [2.75, 3.05) is 50.8 Å². The van der Waals surface area contributed by atoms with Gasteiger partial charge in [-0.25, -0.2) is 0 Å². The van der Waals surface area contributed by atoms with Gasteiger partial charge in [0.05, 0.1) is 12.0 Å². The molecule has 4 rings (SSSR count). The molecule has 0 spiro atoms. The third kappa shape index (κ3) is 3.76. The van der Waals surface area contributed by atoms with E-state index >= 15 is 0 Å². The molecule has 3 heterocycles. The van der Waals surface area contributed by atoms with Crippen LogP contribution >= 0.6 is 0 Å². The Bertz CT molecular complexity index is 637. The van der Waals surface area contributed by atoms with Gasteiger partial charge < -0.3 is 14.5 Å². The first-order chi connectivity index (χ1) is 12.7. The van der Waals surface area contributed by atoms with Crippen molar-refractivity contribution >= 4 is 17.5 Å². The maximum atomic E-state index is 12.9. The molecule has 2 amide bonds. The first kappa shape index (κ1) is 17.5. The van der Waals surface area contributed by atoms with Crippen LogP contribution in [0.1, 0.15) is 19.3 Å². The fourth-order valence-corrected chi connectivity index (χ4v) is 4.22. The van der Waals surface area contributed by atoms with E-state index in [2.05, 4.69) is 4.90 Å². The summed E-state index contributed by atoms with van der Waals surface area (Å²) in [5.74, 6) is -0.0347. The van der Waals surface area contributed by atoms with Crippen LogP contribution in [0, 0.1) is 5.92 Å². The standard InChI is InChI=1S/C20H27N3O3/c24-19-13-16(14-23(19)17-5-2-1-3-6-17)20(25)22-10-8-21(9-11-22)15-18-7-4-12-26-18/h1-3,5-6,16,18H,4,7-15H2/t16-,18-/m0/s1. The first-order valence-electron chi connectivity index (χ1n) is 9.69. The van der Waals surface area contributed by atoms with Gasteiger partial charge in [-0.3, -0.25) is 14.5 Å². The number of amides is 2. The van der Waals surface area contributed by atoms with Gasteiger partial charge in [-0.05, 0) is 25.0 Å². The van der Waals surface area contributed by atoms with Gasteiger partial charge in [0.1, 0.15) is 0 Å². The van der Waals surface area contributed by atoms with E-state index in [1.807, 2.05) is 35.2 Å². The van der Waals surface area contributed by atoms with Gasteiger partial charge in [0.15, 0.2) is 0 Å². The maximum absolute atomic E-state index is 12.9. The quantitative estimate of drug-likeness (QED) is 0.817. The zero-order valence-electron chi connectivity index (χ0n) is 15.2. The Kier molecular flexibility index (Phi) is 5.22. The zero-order chi connectivity index (χ0) is 17.9. The Morgan fingerprint density at radius 3 is 2.58 bits per heavy atom. The van der Waals surface area contributed by atoms with Gasteiger partial charge in [-0.1, -0.05) is 18.2 Å². The minimum absolute atomic E-state index is 0.0477. The molecule has 3 fully saturated rings. The molecule has 3 saturated heterocycles. The molecule has 3 aliphatic rings. The van der Waals surface area contributed by atoms with Crippen molar-refractivity contribution in [3.8, 4) is 0 Å². The van der Waals surface area contributed by atoms with Gasteiger partial charge >= 0.3 is 0 Å². The number of hydrogen-bond acceptors (Lipinski definition) is 4. The number of rotatable bonds is 4. The van der Waals surface area contributed by atoms with Crippen LogP contribution < -0.4 is 4.90 Å². The summed E-state index contributed by atoms with van der Waals surface area (Å²) in [6.07, 6.45) is 3.00. The number of anilines is 1. The highest BCUT2D eigenvalue weighted by Gasteiger charge is 2.38. The fraction of sp³-hybridized carbons (Fsp3) is 0.600. The van der Waals surface area contributed by atoms with Crippen LogP contribution in [0.15, 0.2) is 30.3 Å². The highest BCUT2D eigenvalue weighted by molar-refractivity contribution is 6.00. The molecule has 6 nitrogen and oxygen atoms in total. The van der Waals surface area contributed by atoms with Crippen molar-refractivity contribution in [2.45, 2.75) is 25.4 Å². The predicted molar refractivity (Wildman–Crippen MR) is 98.9 cm³/mol. The molecule has 26 heavy (non-hydrogen) atoms. The normalized spacial score (nSPS) is 27.3. The van der Waals surface area contributed by atoms with E-state index in [9.17, 15) is 9.59 Å². The molecular formula is C20H27N3O3. The minimum Gasteiger partial charge on any atom is -0.377 e. The Morgan fingerprint density at radius 2 is 1.88 bits per heavy atom. The number of nitrogens with zero attached hydrogens (tertiary/aromatic N) is 3. The number of ether oxygens (including phenoxy) is 1. The number of benzene rings is 1. The zero-order valence-corrected chi connectivity index (χ0v) is 15.2. The summed E-state index contributed by atoms with van der Waals surface area (Å²) in [6, 6.07) is 9.63. The van der Waals surface area contributed by atoms with E-state index < -0.39 is 0 Å². The van der Waals surface area contributed by atoms with Crippen molar-refractivity contribution in [3.05, 3.63) is 30.3 Å². The second kappa shape index (κ2) is 7.76. The lowest BCUT2D eigenvalue weighted by Crippen LogP contribution is -2.52. The van der Waals surface area contributed by atoms with Gasteiger partial charge in [-0.15, -0.1) is 0 Å². The number of hydrogen-bond donors (Lipinski definition) is 0. The third-order valence-electron chi connectivity index (χ3n) is 5.71. The molecule has 140 valence electrons. The third-order valence-corrected chi connectivity index (χ3v) is 5.71. The number of carbonyl (C=O) groups is 2. The molecule has 0 N–H and O–H groups in total. The van der Waals surface area contributed by atoms with Crippen molar-refractivity contribution in [1.29, 1.82) is 0 Å². The lowest BCUT2D eigenvalue weighted by atomic mass is 10.1. The summed E-state index contributed by atoms with van der Waals surface area (Å²) in [7, 11) is 0. The fourth-order valence-electron chi connectivity index (χ4n) is 4.22. The monoisotopic (exact) mass is 357 g/mol. The van der Waals surface area contributed by atoms with Crippen molar-refractivity contribution in [2.24, 2.45) is 5.92 Å². The molecule has 1 aromatic carbocycles. The summed E-state index contributed by atoms with van der Waals surface area (Å²) in [5.41, 5.74) is 0.884. The summed E-state index contributed by atoms with van der Waals surface area (Å²) >= 11 is 0. The Labute approximate surface area is 154 Å². The topological polar surface area (TPSA) is 53.1 Å². The molecule has 0 aromatic heterocycles. The summed E-state index contributed by atoms with van der Waals surface area (Å²) in [4.78, 5) is 31.3. The number of carbonyl (C=O) groups excluding carboxylic acids is 2. The van der Waals surface area contributed by atoms with Crippen LogP contribution in [-0.4, -0.2) is 73.6 Å². The van der Waals surface area contributed by atoms with Crippen LogP contribution in [0.2, 0.25) is 0 Å². The number of para-hydroxylation sites is 1. The van der Waals surface area contributed by atoms with Crippen LogP contribution in [0.3, 0.4) is 0 Å². The average Bonchev–Trinajstić information content (AvgIpc) is 3.32. The molecule has 0 unspecified atom stereocenters. The molecule has 0 bridgehead atoms. The summed E-state index contributed by atoms with van der Waals surface area (Å²) in [5, 5.41) is 0. The van der Waals surface area contributed by atoms with Crippen LogP contribution in [-0.2, 0) is 14.3 Å². The first-order valence-corrected chi connectivity index (χ1v) is 9.69. The summed E-state index contributed by atoms with van der Waals surface area (Å²) < 4.78 is 5.71. The Hall–Kier alpha value is -1.92. The van der Waals surface area contributed by atoms with Gasteiger partial charge in [-0.2, -0.15) is 0 Å². The highest BCUT2D eigenvalue weighted by atomic mass is 16.5. The Morgan fingerprint density at radius 1 is 1.12 bits per heavy atom. The van der Waals surface area contributed by atoms with Gasteiger partial charge in [0, 0.05) is 58.0 Å². The molecule has 0 radical (unpaired) electrons. The molecular weight excluding hydrogens is 330 g/mol. The Balaban J connectivity index is 1.29. The van der Waals surface area contributed by atoms with Crippen LogP contribution in [0.4, 0.5) is 5.69 Å². The van der Waals surface area contributed by atoms with Crippen molar-refractivity contribution < 1.29 is 14.3 Å². The van der Waals surface area contributed by atoms with E-state index in [0.29, 0.717) is 19.1 Å². The number of piperazine rings is 1. The van der Waals surface area contributed by atoms with E-state index in [-0.39, 0.29) is 17.7 Å². The van der Waals surface area contributed by atoms with Crippen LogP contribution in [0.5, 0.6) is 0 Å². The summed E-state index contributed by atoms with van der Waals surface area (Å²) in [6.45, 7) is 5.66. The molecule has 2 atom stereocenters. The van der Waals surface area contributed by atoms with Crippen molar-refractivity contribution in [1.82, 2.24) is 9.80 Å². The van der Waals surface area contributed by atoms with E-state index in [1.54, 1.807) is 4.90 Å². The molecule has 0 saturated carbocycles. The van der Waals surface area contributed by atoms with Crippen LogP contribution in [0.25, 0.3) is 0 Å². The SMILES string of the molecule is O=C([C@H]1CC(=O)N(c2ccccc2)C1)N1CCN(C[C@@H]2CCCO2)CC1. The molecule has 1 aromatic rings.